The van der Waals surface area contributed by atoms with Crippen LogP contribution >= 0.6 is 0 Å². The first-order valence-corrected chi connectivity index (χ1v) is 23.0. The van der Waals surface area contributed by atoms with Crippen LogP contribution in [0.2, 0.25) is 0 Å². The van der Waals surface area contributed by atoms with E-state index in [1.807, 2.05) is 0 Å². The van der Waals surface area contributed by atoms with E-state index in [2.05, 4.69) is 29.6 Å². The molecular weight excluding hydrogens is 1110 g/mol. The summed E-state index contributed by atoms with van der Waals surface area (Å²) in [5, 5.41) is 5.70. The molecule has 0 saturated carbocycles. The summed E-state index contributed by atoms with van der Waals surface area (Å²) >= 11 is 0. The quantitative estimate of drug-likeness (QED) is 0.00648. The number of nitrogens with zero attached hydrogens (tertiary/aromatic N) is 4. The molecule has 3 N–H and O–H groups in total. The zero-order chi connectivity index (χ0) is 59.1. The molecule has 4 aromatic rings. The van der Waals surface area contributed by atoms with E-state index < -0.39 is 200 Å². The number of imide groups is 1. The summed E-state index contributed by atoms with van der Waals surface area (Å²) in [4.78, 5) is 79.5. The Hall–Kier alpha value is -7.87. The number of fused-ring (bicyclic) bond motifs is 1. The van der Waals surface area contributed by atoms with Gasteiger partial charge in [-0.05, 0) is 17.7 Å². The average molecular weight is 1160 g/mol. The monoisotopic (exact) mass is 1160 g/mol. The number of carbonyl (C=O) groups is 6. The van der Waals surface area contributed by atoms with Crippen molar-refractivity contribution in [1.29, 1.82) is 0 Å². The number of hydrogen-bond donors (Lipinski definition) is 2. The molecule has 1 aliphatic rings. The van der Waals surface area contributed by atoms with Gasteiger partial charge in [-0.25, -0.2) is 26.3 Å². The highest BCUT2D eigenvalue weighted by Gasteiger charge is 2.36. The normalized spacial score (nSPS) is 11.9. The van der Waals surface area contributed by atoms with E-state index in [0.717, 1.165) is 4.90 Å². The molecule has 0 aliphatic carbocycles. The predicted molar refractivity (Wildman–Crippen MR) is 244 cm³/mol. The molecule has 1 heterocycles. The third-order valence-electron chi connectivity index (χ3n) is 10.2. The number of benzene rings is 4. The summed E-state index contributed by atoms with van der Waals surface area (Å²) < 4.78 is 207. The first kappa shape index (κ1) is 64.7. The Bertz CT molecular complexity index is 2620. The lowest BCUT2D eigenvalue weighted by molar-refractivity contribution is -0.138. The smallest absolute Gasteiger partial charge is 0.313 e. The maximum Gasteiger partial charge on any atom is 0.313 e. The number of amides is 3. The van der Waals surface area contributed by atoms with Gasteiger partial charge in [-0.3, -0.25) is 33.7 Å². The molecule has 0 saturated heterocycles. The number of nitrogens with two attached hydrogens (primary N) is 1. The zero-order valence-corrected chi connectivity index (χ0v) is 41.2. The van der Waals surface area contributed by atoms with Crippen LogP contribution in [-0.4, -0.2) is 132 Å². The largest absolute Gasteiger partial charge is 0.420 e. The maximum absolute atomic E-state index is 14.1. The Morgan fingerprint density at radius 3 is 1.23 bits per heavy atom. The van der Waals surface area contributed by atoms with Crippen molar-refractivity contribution in [3.8, 4) is 17.2 Å². The number of rotatable bonds is 30. The van der Waals surface area contributed by atoms with Gasteiger partial charge in [0.25, 0.3) is 11.8 Å². The van der Waals surface area contributed by atoms with Crippen molar-refractivity contribution in [3.63, 3.8) is 0 Å². The van der Waals surface area contributed by atoms with Crippen molar-refractivity contribution >= 4 is 35.6 Å². The molecule has 0 aromatic heterocycles. The Balaban J connectivity index is 0.00000140. The molecule has 0 radical (unpaired) electrons. The van der Waals surface area contributed by atoms with Gasteiger partial charge in [0.1, 0.15) is 5.54 Å². The van der Waals surface area contributed by atoms with Crippen LogP contribution in [0.1, 0.15) is 46.4 Å². The van der Waals surface area contributed by atoms with Gasteiger partial charge >= 0.3 is 17.9 Å². The molecule has 0 unspecified atom stereocenters. The van der Waals surface area contributed by atoms with Crippen LogP contribution < -0.4 is 25.3 Å². The van der Waals surface area contributed by atoms with Crippen molar-refractivity contribution < 1.29 is 119 Å². The number of ether oxygens (including phenoxy) is 8. The Morgan fingerprint density at radius 1 is 0.525 bits per heavy atom. The zero-order valence-electron chi connectivity index (χ0n) is 41.2. The number of carbonyl (C=O) groups excluding carboxylic acids is 6. The van der Waals surface area contributed by atoms with Crippen molar-refractivity contribution in [1.82, 2.24) is 10.2 Å². The van der Waals surface area contributed by atoms with Crippen molar-refractivity contribution in [2.45, 2.75) is 31.2 Å². The van der Waals surface area contributed by atoms with Gasteiger partial charge < -0.3 is 48.9 Å². The van der Waals surface area contributed by atoms with E-state index in [1.54, 1.807) is 12.1 Å². The lowest BCUT2D eigenvalue weighted by atomic mass is 10.0. The molecule has 20 nitrogen and oxygen atoms in total. The lowest BCUT2D eigenvalue weighted by Gasteiger charge is -2.34. The van der Waals surface area contributed by atoms with E-state index in [1.165, 1.54) is 12.1 Å². The van der Waals surface area contributed by atoms with E-state index in [4.69, 9.17) is 34.9 Å². The molecule has 3 amide bonds. The summed E-state index contributed by atoms with van der Waals surface area (Å²) in [7, 11) is 0. The molecule has 0 spiro atoms. The van der Waals surface area contributed by atoms with Gasteiger partial charge in [0.15, 0.2) is 34.9 Å². The SMILES string of the molecule is O=C(CCOCCN1C(=O)c2ccccc2C1=O)NC(COCCC(=O)Oc1c(F)c(F)cc(F)c1F)(COCCC(=O)Oc1c(F)c(F)cc(F)c1F)COCCC(=O)Oc1c(F)c(F)cc(F)c1F.[N-]=[N+]=NCCOCCN. The second-order valence-electron chi connectivity index (χ2n) is 16.1. The second-order valence-corrected chi connectivity index (χ2v) is 16.1. The molecule has 0 bridgehead atoms. The average Bonchev–Trinajstić information content (AvgIpc) is 3.68. The minimum absolute atomic E-state index is 0.157. The molecule has 4 aromatic carbocycles. The highest BCUT2D eigenvalue weighted by atomic mass is 19.2. The summed E-state index contributed by atoms with van der Waals surface area (Å²) in [6.07, 6.45) is -3.33. The molecule has 0 atom stereocenters. The van der Waals surface area contributed by atoms with Gasteiger partial charge in [0, 0.05) is 42.6 Å². The van der Waals surface area contributed by atoms with Crippen LogP contribution in [0.15, 0.2) is 47.6 Å². The molecule has 434 valence electrons. The fourth-order valence-corrected chi connectivity index (χ4v) is 6.48. The van der Waals surface area contributed by atoms with Crippen LogP contribution in [0.3, 0.4) is 0 Å². The molecular formula is C48H44F12N6O14. The number of azide groups is 1. The summed E-state index contributed by atoms with van der Waals surface area (Å²) in [6, 6.07) is 5.52. The third-order valence-corrected chi connectivity index (χ3v) is 10.2. The van der Waals surface area contributed by atoms with Gasteiger partial charge in [-0.15, -0.1) is 0 Å². The van der Waals surface area contributed by atoms with E-state index in [0.29, 0.717) is 26.3 Å². The lowest BCUT2D eigenvalue weighted by Crippen LogP contribution is -2.59. The third kappa shape index (κ3) is 18.6. The molecule has 32 heteroatoms. The predicted octanol–water partition coefficient (Wildman–Crippen LogP) is 6.52. The standard InChI is InChI=1S/C44H34F12N2O13.C4H10N4O/c45-23-15-24(46)34(52)39(33(23)51)69-30(60)6-11-66-18-44(19-67-12-7-31(61)70-40-35(53)25(47)16-26(48)36(40)54,20-68-13-8-32(62)71-41-37(55)27(49)17-28(50)38(41)56)57-29(59)5-10-65-14-9-58-42(63)21-3-1-2-4-22(21)43(58)64;5-1-3-9-4-2-7-8-6/h1-4,15-17H,5-14,18-20H2,(H,57,59);1-5H2. The van der Waals surface area contributed by atoms with Crippen molar-refractivity contribution in [2.75, 3.05) is 85.7 Å². The maximum atomic E-state index is 14.1. The van der Waals surface area contributed by atoms with Crippen LogP contribution in [-0.2, 0) is 42.9 Å². The van der Waals surface area contributed by atoms with Gasteiger partial charge in [0.05, 0.1) is 103 Å². The van der Waals surface area contributed by atoms with Crippen LogP contribution in [0.25, 0.3) is 10.4 Å². The highest BCUT2D eigenvalue weighted by Crippen LogP contribution is 2.30. The van der Waals surface area contributed by atoms with E-state index in [9.17, 15) is 81.5 Å². The van der Waals surface area contributed by atoms with Crippen LogP contribution in [0.5, 0.6) is 17.2 Å². The van der Waals surface area contributed by atoms with Gasteiger partial charge in [0.2, 0.25) is 58.1 Å². The molecule has 1 aliphatic heterocycles. The number of hydrogen-bond acceptors (Lipinski definition) is 16. The molecule has 5 rings (SSSR count). The number of nitrogens with one attached hydrogen (secondary N) is 1. The van der Waals surface area contributed by atoms with E-state index in [-0.39, 0.29) is 42.5 Å². The minimum atomic E-state index is -2.08. The van der Waals surface area contributed by atoms with Crippen LogP contribution in [0.4, 0.5) is 52.7 Å². The molecule has 0 fully saturated rings. The molecule has 80 heavy (non-hydrogen) atoms. The summed E-state index contributed by atoms with van der Waals surface area (Å²) in [5.41, 5.74) is 11.2. The van der Waals surface area contributed by atoms with E-state index >= 15 is 0 Å². The summed E-state index contributed by atoms with van der Waals surface area (Å²) in [6.45, 7) is -3.97. The second kappa shape index (κ2) is 31.7. The Kier molecular flexibility index (Phi) is 25.6. The van der Waals surface area contributed by atoms with Crippen molar-refractivity contribution in [3.05, 3.63) is 134 Å². The Labute approximate surface area is 443 Å². The van der Waals surface area contributed by atoms with Crippen molar-refractivity contribution in [2.24, 2.45) is 10.8 Å². The minimum Gasteiger partial charge on any atom is -0.420 e. The first-order chi connectivity index (χ1) is 38.1. The van der Waals surface area contributed by atoms with Gasteiger partial charge in [-0.2, -0.15) is 26.3 Å². The summed E-state index contributed by atoms with van der Waals surface area (Å²) in [5.74, 6) is -35.8. The highest BCUT2D eigenvalue weighted by molar-refractivity contribution is 6.21. The number of esters is 3. The fourth-order valence-electron chi connectivity index (χ4n) is 6.48. The fraction of sp³-hybridized carbons (Fsp3) is 0.375. The number of halogens is 12. The Morgan fingerprint density at radius 2 is 0.875 bits per heavy atom. The topological polar surface area (TPSA) is 266 Å². The van der Waals surface area contributed by atoms with Gasteiger partial charge in [-0.1, -0.05) is 17.2 Å². The first-order valence-electron chi connectivity index (χ1n) is 23.0. The van der Waals surface area contributed by atoms with Crippen LogP contribution in [0, 0.1) is 69.8 Å².